The van der Waals surface area contributed by atoms with E-state index in [0.717, 1.165) is 12.1 Å². The second kappa shape index (κ2) is 7.65. The van der Waals surface area contributed by atoms with Gasteiger partial charge in [0, 0.05) is 13.6 Å². The predicted molar refractivity (Wildman–Crippen MR) is 85.0 cm³/mol. The molecule has 0 aliphatic heterocycles. The molecule has 1 aliphatic rings. The number of hydrogen-bond donors (Lipinski definition) is 1. The van der Waals surface area contributed by atoms with Gasteiger partial charge in [0.2, 0.25) is 5.91 Å². The van der Waals surface area contributed by atoms with Crippen molar-refractivity contribution < 1.29 is 4.79 Å². The number of halogens is 1. The summed E-state index contributed by atoms with van der Waals surface area (Å²) in [5.74, 6) is 0.690. The summed E-state index contributed by atoms with van der Waals surface area (Å²) in [6, 6.07) is 7.36. The minimum absolute atomic E-state index is 0. The SMILES string of the molecule is Cc1ccc(C(N)C(=O)N(C)CC2CCCC2)cc1.Cl. The van der Waals surface area contributed by atoms with Gasteiger partial charge in [-0.3, -0.25) is 4.79 Å². The van der Waals surface area contributed by atoms with Crippen LogP contribution in [0.2, 0.25) is 0 Å². The Kier molecular flexibility index (Phi) is 6.50. The van der Waals surface area contributed by atoms with Crippen LogP contribution >= 0.6 is 12.4 Å². The van der Waals surface area contributed by atoms with Crippen LogP contribution in [0, 0.1) is 12.8 Å². The third-order valence-electron chi connectivity index (χ3n) is 4.09. The third kappa shape index (κ3) is 4.22. The Labute approximate surface area is 127 Å². The van der Waals surface area contributed by atoms with E-state index < -0.39 is 6.04 Å². The summed E-state index contributed by atoms with van der Waals surface area (Å²) in [6.45, 7) is 2.88. The molecule has 0 radical (unpaired) electrons. The zero-order valence-corrected chi connectivity index (χ0v) is 13.2. The third-order valence-corrected chi connectivity index (χ3v) is 4.09. The number of hydrogen-bond acceptors (Lipinski definition) is 2. The van der Waals surface area contributed by atoms with E-state index in [9.17, 15) is 4.79 Å². The van der Waals surface area contributed by atoms with E-state index in [4.69, 9.17) is 5.73 Å². The van der Waals surface area contributed by atoms with Gasteiger partial charge in [-0.05, 0) is 31.2 Å². The largest absolute Gasteiger partial charge is 0.344 e. The zero-order valence-electron chi connectivity index (χ0n) is 12.3. The molecule has 1 aromatic carbocycles. The molecule has 1 atom stereocenters. The molecule has 20 heavy (non-hydrogen) atoms. The molecule has 0 aromatic heterocycles. The number of carbonyl (C=O) groups excluding carboxylic acids is 1. The molecule has 0 spiro atoms. The molecule has 0 heterocycles. The van der Waals surface area contributed by atoms with Gasteiger partial charge in [-0.2, -0.15) is 0 Å². The van der Waals surface area contributed by atoms with Crippen LogP contribution in [0.15, 0.2) is 24.3 Å². The van der Waals surface area contributed by atoms with E-state index in [1.807, 2.05) is 38.2 Å². The van der Waals surface area contributed by atoms with Crippen molar-refractivity contribution in [2.24, 2.45) is 11.7 Å². The summed E-state index contributed by atoms with van der Waals surface area (Å²) >= 11 is 0. The number of aryl methyl sites for hydroxylation is 1. The van der Waals surface area contributed by atoms with Gasteiger partial charge in [-0.15, -0.1) is 12.4 Å². The molecular formula is C16H25ClN2O. The van der Waals surface area contributed by atoms with Gasteiger partial charge in [-0.25, -0.2) is 0 Å². The number of nitrogens with zero attached hydrogens (tertiary/aromatic N) is 1. The highest BCUT2D eigenvalue weighted by atomic mass is 35.5. The van der Waals surface area contributed by atoms with Crippen LogP contribution in [-0.4, -0.2) is 24.4 Å². The normalized spacial score (nSPS) is 16.6. The average Bonchev–Trinajstić information content (AvgIpc) is 2.90. The minimum atomic E-state index is -0.535. The van der Waals surface area contributed by atoms with E-state index in [0.29, 0.717) is 5.92 Å². The van der Waals surface area contributed by atoms with Crippen molar-refractivity contribution in [1.29, 1.82) is 0 Å². The van der Waals surface area contributed by atoms with Crippen molar-refractivity contribution in [2.75, 3.05) is 13.6 Å². The summed E-state index contributed by atoms with van der Waals surface area (Å²) in [7, 11) is 1.87. The Bertz CT molecular complexity index is 427. The Morgan fingerprint density at radius 2 is 1.85 bits per heavy atom. The number of benzene rings is 1. The fraction of sp³-hybridized carbons (Fsp3) is 0.562. The topological polar surface area (TPSA) is 46.3 Å². The first kappa shape index (κ1) is 17.0. The molecule has 4 heteroatoms. The second-order valence-corrected chi connectivity index (χ2v) is 5.76. The lowest BCUT2D eigenvalue weighted by Crippen LogP contribution is -2.38. The molecule has 1 unspecified atom stereocenters. The number of likely N-dealkylation sites (N-methyl/N-ethyl adjacent to an activating group) is 1. The van der Waals surface area contributed by atoms with E-state index in [1.165, 1.54) is 31.2 Å². The lowest BCUT2D eigenvalue weighted by Gasteiger charge is -2.24. The van der Waals surface area contributed by atoms with Gasteiger partial charge < -0.3 is 10.6 Å². The molecule has 2 rings (SSSR count). The van der Waals surface area contributed by atoms with Crippen LogP contribution in [0.3, 0.4) is 0 Å². The highest BCUT2D eigenvalue weighted by Crippen LogP contribution is 2.25. The molecule has 1 fully saturated rings. The molecule has 112 valence electrons. The van der Waals surface area contributed by atoms with E-state index in [2.05, 4.69) is 0 Å². The Balaban J connectivity index is 0.00000200. The van der Waals surface area contributed by atoms with Crippen molar-refractivity contribution in [2.45, 2.75) is 38.6 Å². The Morgan fingerprint density at radius 3 is 2.40 bits per heavy atom. The Hall–Kier alpha value is -1.06. The number of amides is 1. The van der Waals surface area contributed by atoms with E-state index in [1.54, 1.807) is 4.90 Å². The quantitative estimate of drug-likeness (QED) is 0.928. The maximum Gasteiger partial charge on any atom is 0.243 e. The highest BCUT2D eigenvalue weighted by molar-refractivity contribution is 5.85. The molecule has 0 bridgehead atoms. The monoisotopic (exact) mass is 296 g/mol. The van der Waals surface area contributed by atoms with Gasteiger partial charge in [0.1, 0.15) is 6.04 Å². The smallest absolute Gasteiger partial charge is 0.243 e. The molecule has 3 nitrogen and oxygen atoms in total. The standard InChI is InChI=1S/C16H24N2O.ClH/c1-12-7-9-14(10-8-12)15(17)16(19)18(2)11-13-5-3-4-6-13;/h7-10,13,15H,3-6,11,17H2,1-2H3;1H. The van der Waals surface area contributed by atoms with Crippen LogP contribution in [0.4, 0.5) is 0 Å². The summed E-state index contributed by atoms with van der Waals surface area (Å²) in [4.78, 5) is 14.1. The first-order valence-electron chi connectivity index (χ1n) is 7.15. The lowest BCUT2D eigenvalue weighted by molar-refractivity contribution is -0.132. The summed E-state index contributed by atoms with van der Waals surface area (Å²) < 4.78 is 0. The fourth-order valence-corrected chi connectivity index (χ4v) is 2.82. The molecule has 1 aromatic rings. The van der Waals surface area contributed by atoms with Crippen molar-refractivity contribution >= 4 is 18.3 Å². The molecule has 0 saturated heterocycles. The first-order chi connectivity index (χ1) is 9.08. The average molecular weight is 297 g/mol. The number of carbonyl (C=O) groups is 1. The van der Waals surface area contributed by atoms with Crippen molar-refractivity contribution in [3.05, 3.63) is 35.4 Å². The van der Waals surface area contributed by atoms with Gasteiger partial charge in [0.25, 0.3) is 0 Å². The maximum atomic E-state index is 12.3. The molecular weight excluding hydrogens is 272 g/mol. The van der Waals surface area contributed by atoms with Crippen LogP contribution in [-0.2, 0) is 4.79 Å². The lowest BCUT2D eigenvalue weighted by atomic mass is 10.0. The Morgan fingerprint density at radius 1 is 1.30 bits per heavy atom. The van der Waals surface area contributed by atoms with Gasteiger partial charge in [-0.1, -0.05) is 42.7 Å². The predicted octanol–water partition coefficient (Wildman–Crippen LogP) is 3.07. The summed E-state index contributed by atoms with van der Waals surface area (Å²) in [6.07, 6.45) is 5.10. The first-order valence-corrected chi connectivity index (χ1v) is 7.15. The zero-order chi connectivity index (χ0) is 13.8. The fourth-order valence-electron chi connectivity index (χ4n) is 2.82. The van der Waals surface area contributed by atoms with Crippen LogP contribution < -0.4 is 5.73 Å². The second-order valence-electron chi connectivity index (χ2n) is 5.76. The van der Waals surface area contributed by atoms with Crippen LogP contribution in [0.1, 0.15) is 42.9 Å². The maximum absolute atomic E-state index is 12.3. The van der Waals surface area contributed by atoms with Crippen LogP contribution in [0.5, 0.6) is 0 Å². The molecule has 1 amide bonds. The highest BCUT2D eigenvalue weighted by Gasteiger charge is 2.23. The van der Waals surface area contributed by atoms with E-state index in [-0.39, 0.29) is 18.3 Å². The van der Waals surface area contributed by atoms with Crippen LogP contribution in [0.25, 0.3) is 0 Å². The molecule has 1 aliphatic carbocycles. The number of rotatable bonds is 4. The van der Waals surface area contributed by atoms with E-state index >= 15 is 0 Å². The van der Waals surface area contributed by atoms with Gasteiger partial charge in [0.05, 0.1) is 0 Å². The van der Waals surface area contributed by atoms with Crippen molar-refractivity contribution in [1.82, 2.24) is 4.90 Å². The number of nitrogens with two attached hydrogens (primary N) is 1. The van der Waals surface area contributed by atoms with Gasteiger partial charge in [0.15, 0.2) is 0 Å². The summed E-state index contributed by atoms with van der Waals surface area (Å²) in [5, 5.41) is 0. The molecule has 1 saturated carbocycles. The van der Waals surface area contributed by atoms with Gasteiger partial charge >= 0.3 is 0 Å². The summed E-state index contributed by atoms with van der Waals surface area (Å²) in [5.41, 5.74) is 8.15. The minimum Gasteiger partial charge on any atom is -0.344 e. The van der Waals surface area contributed by atoms with Crippen molar-refractivity contribution in [3.63, 3.8) is 0 Å². The molecule has 2 N–H and O–H groups in total. The van der Waals surface area contributed by atoms with Crippen molar-refractivity contribution in [3.8, 4) is 0 Å².